The van der Waals surface area contributed by atoms with Crippen LogP contribution in [0.4, 0.5) is 4.39 Å². The highest BCUT2D eigenvalue weighted by Crippen LogP contribution is 2.24. The molecule has 188 valence electrons. The number of halogens is 3. The van der Waals surface area contributed by atoms with Crippen LogP contribution in [0.1, 0.15) is 42.4 Å². The molecule has 7 heteroatoms. The van der Waals surface area contributed by atoms with E-state index in [2.05, 4.69) is 5.32 Å². The van der Waals surface area contributed by atoms with Gasteiger partial charge in [0, 0.05) is 29.1 Å². The summed E-state index contributed by atoms with van der Waals surface area (Å²) in [6.45, 7) is 0.167. The first kappa shape index (κ1) is 26.2. The fourth-order valence-corrected chi connectivity index (χ4v) is 5.11. The van der Waals surface area contributed by atoms with Gasteiger partial charge in [0.05, 0.1) is 6.42 Å². The standard InChI is InChI=1S/C29H29Cl2FN2O2/c30-23-13-12-22(26(31)18-23)17-28(35)34(19-21-10-14-24(32)15-11-21)27(16-20-6-2-1-3-7-20)29(36)33-25-8-4-5-9-25/h1-3,6-7,10-15,18,25,27H,4-5,8-9,16-17,19H2,(H,33,36). The van der Waals surface area contributed by atoms with Crippen LogP contribution in [-0.2, 0) is 29.0 Å². The van der Waals surface area contributed by atoms with E-state index in [1.165, 1.54) is 12.1 Å². The van der Waals surface area contributed by atoms with Crippen LogP contribution in [0.3, 0.4) is 0 Å². The van der Waals surface area contributed by atoms with Crippen molar-refractivity contribution in [2.75, 3.05) is 0 Å². The Bertz CT molecular complexity index is 1180. The number of carbonyl (C=O) groups excluding carboxylic acids is 2. The summed E-state index contributed by atoms with van der Waals surface area (Å²) < 4.78 is 13.6. The normalized spacial score (nSPS) is 14.4. The van der Waals surface area contributed by atoms with E-state index in [9.17, 15) is 14.0 Å². The second-order valence-corrected chi connectivity index (χ2v) is 10.1. The van der Waals surface area contributed by atoms with Crippen LogP contribution in [0.25, 0.3) is 0 Å². The van der Waals surface area contributed by atoms with E-state index in [0.29, 0.717) is 22.0 Å². The lowest BCUT2D eigenvalue weighted by molar-refractivity contribution is -0.141. The van der Waals surface area contributed by atoms with Crippen molar-refractivity contribution < 1.29 is 14.0 Å². The van der Waals surface area contributed by atoms with Gasteiger partial charge < -0.3 is 10.2 Å². The molecule has 36 heavy (non-hydrogen) atoms. The van der Waals surface area contributed by atoms with Gasteiger partial charge in [0.2, 0.25) is 11.8 Å². The third kappa shape index (κ3) is 7.08. The monoisotopic (exact) mass is 526 g/mol. The van der Waals surface area contributed by atoms with Gasteiger partial charge in [-0.3, -0.25) is 9.59 Å². The number of benzene rings is 3. The molecule has 4 nitrogen and oxygen atoms in total. The van der Waals surface area contributed by atoms with Gasteiger partial charge in [-0.25, -0.2) is 4.39 Å². The summed E-state index contributed by atoms with van der Waals surface area (Å²) in [5, 5.41) is 4.06. The molecule has 1 N–H and O–H groups in total. The van der Waals surface area contributed by atoms with Crippen LogP contribution < -0.4 is 5.32 Å². The first-order valence-corrected chi connectivity index (χ1v) is 13.0. The molecular weight excluding hydrogens is 498 g/mol. The van der Waals surface area contributed by atoms with Crippen LogP contribution in [0.15, 0.2) is 72.8 Å². The molecule has 0 bridgehead atoms. The molecule has 2 amide bonds. The quantitative estimate of drug-likeness (QED) is 0.352. The minimum atomic E-state index is -0.739. The lowest BCUT2D eigenvalue weighted by Crippen LogP contribution is -2.52. The maximum Gasteiger partial charge on any atom is 0.243 e. The molecule has 1 aliphatic carbocycles. The third-order valence-corrected chi connectivity index (χ3v) is 7.18. The van der Waals surface area contributed by atoms with Gasteiger partial charge in [0.15, 0.2) is 0 Å². The van der Waals surface area contributed by atoms with Crippen molar-refractivity contribution >= 4 is 35.0 Å². The minimum absolute atomic E-state index is 0.0131. The van der Waals surface area contributed by atoms with E-state index < -0.39 is 6.04 Å². The molecule has 4 rings (SSSR count). The summed E-state index contributed by atoms with van der Waals surface area (Å²) in [5.41, 5.74) is 2.31. The largest absolute Gasteiger partial charge is 0.352 e. The molecule has 1 unspecified atom stereocenters. The molecule has 1 aliphatic rings. The highest BCUT2D eigenvalue weighted by atomic mass is 35.5. The number of amides is 2. The van der Waals surface area contributed by atoms with E-state index in [0.717, 1.165) is 36.8 Å². The molecule has 3 aromatic carbocycles. The fourth-order valence-electron chi connectivity index (χ4n) is 4.64. The molecule has 3 aromatic rings. The number of hydrogen-bond acceptors (Lipinski definition) is 2. The smallest absolute Gasteiger partial charge is 0.243 e. The van der Waals surface area contributed by atoms with E-state index in [-0.39, 0.29) is 36.6 Å². The Labute approximate surface area is 221 Å². The summed E-state index contributed by atoms with van der Waals surface area (Å²) >= 11 is 12.4. The van der Waals surface area contributed by atoms with Crippen LogP contribution in [0.2, 0.25) is 10.0 Å². The average molecular weight is 527 g/mol. The Morgan fingerprint density at radius 3 is 2.31 bits per heavy atom. The van der Waals surface area contributed by atoms with E-state index >= 15 is 0 Å². The number of nitrogens with zero attached hydrogens (tertiary/aromatic N) is 1. The summed E-state index contributed by atoms with van der Waals surface area (Å²) in [6.07, 6.45) is 4.43. The van der Waals surface area contributed by atoms with Crippen molar-refractivity contribution in [1.29, 1.82) is 0 Å². The number of rotatable bonds is 9. The lowest BCUT2D eigenvalue weighted by Gasteiger charge is -2.32. The molecule has 0 saturated heterocycles. The predicted octanol–water partition coefficient (Wildman–Crippen LogP) is 6.37. The van der Waals surface area contributed by atoms with Gasteiger partial charge in [-0.05, 0) is 53.8 Å². The van der Waals surface area contributed by atoms with E-state index in [1.54, 1.807) is 35.2 Å². The topological polar surface area (TPSA) is 49.4 Å². The molecule has 0 aromatic heterocycles. The average Bonchev–Trinajstić information content (AvgIpc) is 3.38. The number of carbonyl (C=O) groups is 2. The molecule has 0 radical (unpaired) electrons. The Balaban J connectivity index is 1.66. The lowest BCUT2D eigenvalue weighted by atomic mass is 10.0. The Hall–Kier alpha value is -2.89. The van der Waals surface area contributed by atoms with Gasteiger partial charge in [0.25, 0.3) is 0 Å². The molecular formula is C29H29Cl2FN2O2. The van der Waals surface area contributed by atoms with Crippen molar-refractivity contribution in [2.24, 2.45) is 0 Å². The van der Waals surface area contributed by atoms with Crippen LogP contribution >= 0.6 is 23.2 Å². The molecule has 1 fully saturated rings. The first-order chi connectivity index (χ1) is 17.4. The Kier molecular flexibility index (Phi) is 9.00. The van der Waals surface area contributed by atoms with Crippen molar-refractivity contribution in [1.82, 2.24) is 10.2 Å². The Morgan fingerprint density at radius 2 is 1.64 bits per heavy atom. The van der Waals surface area contributed by atoms with Gasteiger partial charge >= 0.3 is 0 Å². The summed E-state index contributed by atoms with van der Waals surface area (Å²) in [6, 6.07) is 20.0. The van der Waals surface area contributed by atoms with Crippen LogP contribution in [0.5, 0.6) is 0 Å². The second-order valence-electron chi connectivity index (χ2n) is 9.26. The second kappa shape index (κ2) is 12.4. The number of nitrogens with one attached hydrogen (secondary N) is 1. The Morgan fingerprint density at radius 1 is 0.944 bits per heavy atom. The van der Waals surface area contributed by atoms with Crippen molar-refractivity contribution in [2.45, 2.75) is 57.2 Å². The first-order valence-electron chi connectivity index (χ1n) is 12.2. The molecule has 1 atom stereocenters. The number of hydrogen-bond donors (Lipinski definition) is 1. The highest BCUT2D eigenvalue weighted by Gasteiger charge is 2.32. The zero-order chi connectivity index (χ0) is 25.5. The van der Waals surface area contributed by atoms with Crippen molar-refractivity contribution in [3.8, 4) is 0 Å². The predicted molar refractivity (Wildman–Crippen MR) is 141 cm³/mol. The van der Waals surface area contributed by atoms with Crippen molar-refractivity contribution in [3.05, 3.63) is 105 Å². The third-order valence-electron chi connectivity index (χ3n) is 6.60. The minimum Gasteiger partial charge on any atom is -0.352 e. The van der Waals surface area contributed by atoms with E-state index in [4.69, 9.17) is 23.2 Å². The summed E-state index contributed by atoms with van der Waals surface area (Å²) in [4.78, 5) is 29.0. The summed E-state index contributed by atoms with van der Waals surface area (Å²) in [5.74, 6) is -0.779. The van der Waals surface area contributed by atoms with Gasteiger partial charge in [-0.15, -0.1) is 0 Å². The van der Waals surface area contributed by atoms with Crippen LogP contribution in [0, 0.1) is 5.82 Å². The zero-order valence-electron chi connectivity index (χ0n) is 19.9. The fraction of sp³-hybridized carbons (Fsp3) is 0.310. The zero-order valence-corrected chi connectivity index (χ0v) is 21.4. The van der Waals surface area contributed by atoms with Gasteiger partial charge in [-0.1, -0.05) is 84.6 Å². The van der Waals surface area contributed by atoms with Crippen LogP contribution in [-0.4, -0.2) is 28.8 Å². The highest BCUT2D eigenvalue weighted by molar-refractivity contribution is 6.35. The molecule has 1 saturated carbocycles. The molecule has 0 aliphatic heterocycles. The molecule has 0 heterocycles. The summed E-state index contributed by atoms with van der Waals surface area (Å²) in [7, 11) is 0. The van der Waals surface area contributed by atoms with E-state index in [1.807, 2.05) is 30.3 Å². The SMILES string of the molecule is O=C(NC1CCCC1)C(Cc1ccccc1)N(Cc1ccc(F)cc1)C(=O)Cc1ccc(Cl)cc1Cl. The van der Waals surface area contributed by atoms with Gasteiger partial charge in [-0.2, -0.15) is 0 Å². The molecule has 0 spiro atoms. The maximum absolute atomic E-state index is 13.8. The maximum atomic E-state index is 13.8. The van der Waals surface area contributed by atoms with Crippen molar-refractivity contribution in [3.63, 3.8) is 0 Å². The van der Waals surface area contributed by atoms with Gasteiger partial charge in [0.1, 0.15) is 11.9 Å².